The average Bonchev–Trinajstić information content (AvgIpc) is 2.56. The maximum Gasteiger partial charge on any atom is 0.233 e. The van der Waals surface area contributed by atoms with E-state index in [2.05, 4.69) is 67.7 Å². The van der Waals surface area contributed by atoms with E-state index in [0.29, 0.717) is 0 Å². The summed E-state index contributed by atoms with van der Waals surface area (Å²) in [4.78, 5) is 13.4. The summed E-state index contributed by atoms with van der Waals surface area (Å²) >= 11 is 1.60. The Kier molecular flexibility index (Phi) is 6.72. The van der Waals surface area contributed by atoms with Gasteiger partial charge >= 0.3 is 0 Å². The Morgan fingerprint density at radius 3 is 2.35 bits per heavy atom. The van der Waals surface area contributed by atoms with Gasteiger partial charge in [0, 0.05) is 10.9 Å². The van der Waals surface area contributed by atoms with Crippen molar-refractivity contribution in [1.29, 1.82) is 0 Å². The van der Waals surface area contributed by atoms with Gasteiger partial charge in [-0.15, -0.1) is 11.8 Å². The van der Waals surface area contributed by atoms with Crippen LogP contribution in [0.4, 0.5) is 0 Å². The molecule has 0 bridgehead atoms. The molecular weight excluding hydrogens is 302 g/mol. The maximum absolute atomic E-state index is 12.3. The fourth-order valence-corrected chi connectivity index (χ4v) is 3.21. The lowest BCUT2D eigenvalue weighted by Gasteiger charge is -2.17. The lowest BCUT2D eigenvalue weighted by Crippen LogP contribution is -2.37. The molecule has 0 aliphatic carbocycles. The largest absolute Gasteiger partial charge is 0.353 e. The highest BCUT2D eigenvalue weighted by Crippen LogP contribution is 2.23. The predicted molar refractivity (Wildman–Crippen MR) is 98.9 cm³/mol. The number of thioether (sulfide) groups is 1. The molecule has 0 heterocycles. The summed E-state index contributed by atoms with van der Waals surface area (Å²) in [5.74, 6) is 0.108. The summed E-state index contributed by atoms with van der Waals surface area (Å²) < 4.78 is 0. The molecule has 0 aliphatic rings. The van der Waals surface area contributed by atoms with E-state index in [1.807, 2.05) is 13.0 Å². The van der Waals surface area contributed by atoms with E-state index in [0.717, 1.165) is 17.7 Å². The van der Waals surface area contributed by atoms with Gasteiger partial charge in [0.15, 0.2) is 0 Å². The van der Waals surface area contributed by atoms with Gasteiger partial charge in [0.1, 0.15) is 0 Å². The first-order valence-corrected chi connectivity index (χ1v) is 9.00. The minimum atomic E-state index is -0.0862. The second-order valence-electron chi connectivity index (χ2n) is 6.01. The third kappa shape index (κ3) is 6.11. The first-order valence-electron chi connectivity index (χ1n) is 8.12. The molecule has 0 unspecified atom stereocenters. The van der Waals surface area contributed by atoms with Crippen LogP contribution in [0.15, 0.2) is 59.5 Å². The third-order valence-electron chi connectivity index (χ3n) is 3.80. The average molecular weight is 327 g/mol. The van der Waals surface area contributed by atoms with Crippen LogP contribution in [0.5, 0.6) is 0 Å². The highest BCUT2D eigenvalue weighted by atomic mass is 32.2. The molecular formula is C20H25NOS. The molecule has 1 amide bonds. The minimum Gasteiger partial charge on any atom is -0.353 e. The van der Waals surface area contributed by atoms with Crippen molar-refractivity contribution in [2.45, 2.75) is 49.8 Å². The molecule has 0 aromatic heterocycles. The van der Waals surface area contributed by atoms with Crippen molar-refractivity contribution < 1.29 is 4.79 Å². The van der Waals surface area contributed by atoms with Gasteiger partial charge in [-0.2, -0.15) is 0 Å². The summed E-state index contributed by atoms with van der Waals surface area (Å²) in [6, 6.07) is 18.9. The van der Waals surface area contributed by atoms with E-state index in [1.54, 1.807) is 11.8 Å². The first kappa shape index (κ1) is 17.6. The molecule has 23 heavy (non-hydrogen) atoms. The van der Waals surface area contributed by atoms with Crippen molar-refractivity contribution in [3.63, 3.8) is 0 Å². The van der Waals surface area contributed by atoms with Gasteiger partial charge in [-0.1, -0.05) is 48.0 Å². The second-order valence-corrected chi connectivity index (χ2v) is 7.42. The van der Waals surface area contributed by atoms with Crippen molar-refractivity contribution in [3.8, 4) is 0 Å². The van der Waals surface area contributed by atoms with Gasteiger partial charge in [-0.25, -0.2) is 0 Å². The molecule has 2 aromatic carbocycles. The summed E-state index contributed by atoms with van der Waals surface area (Å²) in [7, 11) is 0. The molecule has 3 heteroatoms. The van der Waals surface area contributed by atoms with Crippen LogP contribution in [-0.2, 0) is 11.2 Å². The number of aryl methyl sites for hydroxylation is 2. The van der Waals surface area contributed by atoms with Gasteiger partial charge in [-0.3, -0.25) is 4.79 Å². The Morgan fingerprint density at radius 1 is 1.04 bits per heavy atom. The van der Waals surface area contributed by atoms with Gasteiger partial charge < -0.3 is 5.32 Å². The zero-order chi connectivity index (χ0) is 16.7. The highest BCUT2D eigenvalue weighted by molar-refractivity contribution is 8.00. The smallest absolute Gasteiger partial charge is 0.233 e. The number of rotatable bonds is 7. The van der Waals surface area contributed by atoms with Crippen LogP contribution in [0.2, 0.25) is 0 Å². The van der Waals surface area contributed by atoms with Crippen LogP contribution >= 0.6 is 11.8 Å². The Balaban J connectivity index is 1.77. The molecule has 0 saturated carbocycles. The first-order chi connectivity index (χ1) is 11.0. The summed E-state index contributed by atoms with van der Waals surface area (Å²) in [5, 5.41) is 3.04. The van der Waals surface area contributed by atoms with Crippen LogP contribution in [0.1, 0.15) is 31.4 Å². The Hall–Kier alpha value is -1.74. The van der Waals surface area contributed by atoms with Crippen molar-refractivity contribution in [2.75, 3.05) is 0 Å². The van der Waals surface area contributed by atoms with E-state index in [1.165, 1.54) is 11.1 Å². The molecule has 2 atom stereocenters. The molecule has 2 rings (SSSR count). The van der Waals surface area contributed by atoms with Crippen molar-refractivity contribution >= 4 is 17.7 Å². The molecule has 0 spiro atoms. The van der Waals surface area contributed by atoms with Crippen LogP contribution < -0.4 is 5.32 Å². The zero-order valence-corrected chi connectivity index (χ0v) is 14.9. The molecule has 1 N–H and O–H groups in total. The summed E-state index contributed by atoms with van der Waals surface area (Å²) in [5.41, 5.74) is 2.55. The zero-order valence-electron chi connectivity index (χ0n) is 14.1. The van der Waals surface area contributed by atoms with Crippen LogP contribution in [-0.4, -0.2) is 17.2 Å². The van der Waals surface area contributed by atoms with Crippen molar-refractivity contribution in [1.82, 2.24) is 5.32 Å². The lowest BCUT2D eigenvalue weighted by atomic mass is 10.1. The molecule has 0 fully saturated rings. The number of carbonyl (C=O) groups excluding carboxylic acids is 1. The number of hydrogen-bond acceptors (Lipinski definition) is 2. The van der Waals surface area contributed by atoms with Crippen molar-refractivity contribution in [2.24, 2.45) is 0 Å². The second kappa shape index (κ2) is 8.78. The van der Waals surface area contributed by atoms with Crippen molar-refractivity contribution in [3.05, 3.63) is 65.7 Å². The fraction of sp³-hybridized carbons (Fsp3) is 0.350. The fourth-order valence-electron chi connectivity index (χ4n) is 2.33. The minimum absolute atomic E-state index is 0.0862. The molecule has 0 aliphatic heterocycles. The van der Waals surface area contributed by atoms with E-state index in [4.69, 9.17) is 0 Å². The van der Waals surface area contributed by atoms with E-state index in [9.17, 15) is 4.79 Å². The number of hydrogen-bond donors (Lipinski definition) is 1. The molecule has 0 saturated heterocycles. The maximum atomic E-state index is 12.3. The van der Waals surface area contributed by atoms with Gasteiger partial charge in [-0.05, 0) is 51.3 Å². The number of carbonyl (C=O) groups is 1. The SMILES string of the molecule is Cc1ccc(S[C@H](C)C(=O)N[C@@H](C)CCc2ccccc2)cc1. The van der Waals surface area contributed by atoms with Gasteiger partial charge in [0.2, 0.25) is 5.91 Å². The van der Waals surface area contributed by atoms with Gasteiger partial charge in [0.25, 0.3) is 0 Å². The van der Waals surface area contributed by atoms with Crippen LogP contribution in [0, 0.1) is 6.92 Å². The molecule has 0 radical (unpaired) electrons. The molecule has 122 valence electrons. The number of benzene rings is 2. The Bertz CT molecular complexity index is 609. The van der Waals surface area contributed by atoms with E-state index in [-0.39, 0.29) is 17.2 Å². The standard InChI is InChI=1S/C20H25NOS/c1-15-9-13-19(14-10-15)23-17(3)20(22)21-16(2)11-12-18-7-5-4-6-8-18/h4-10,13-14,16-17H,11-12H2,1-3H3,(H,21,22)/t16-,17+/m0/s1. The topological polar surface area (TPSA) is 29.1 Å². The lowest BCUT2D eigenvalue weighted by molar-refractivity contribution is -0.120. The Labute approximate surface area is 143 Å². The quantitative estimate of drug-likeness (QED) is 0.752. The highest BCUT2D eigenvalue weighted by Gasteiger charge is 2.16. The van der Waals surface area contributed by atoms with Crippen LogP contribution in [0.25, 0.3) is 0 Å². The monoisotopic (exact) mass is 327 g/mol. The summed E-state index contributed by atoms with van der Waals surface area (Å²) in [6.07, 6.45) is 1.94. The third-order valence-corrected chi connectivity index (χ3v) is 4.91. The normalized spacial score (nSPS) is 13.3. The molecule has 2 nitrogen and oxygen atoms in total. The summed E-state index contributed by atoms with van der Waals surface area (Å²) in [6.45, 7) is 6.10. The predicted octanol–water partition coefficient (Wildman–Crippen LogP) is 4.61. The number of amides is 1. The van der Waals surface area contributed by atoms with Crippen LogP contribution in [0.3, 0.4) is 0 Å². The molecule has 2 aromatic rings. The van der Waals surface area contributed by atoms with Gasteiger partial charge in [0.05, 0.1) is 5.25 Å². The number of nitrogens with one attached hydrogen (secondary N) is 1. The van der Waals surface area contributed by atoms with E-state index >= 15 is 0 Å². The van der Waals surface area contributed by atoms with E-state index < -0.39 is 0 Å². The Morgan fingerprint density at radius 2 is 1.70 bits per heavy atom.